The first-order valence-corrected chi connectivity index (χ1v) is 26.2. The van der Waals surface area contributed by atoms with Crippen LogP contribution < -0.4 is 14.8 Å². The molecule has 0 bridgehead atoms. The second kappa shape index (κ2) is 23.4. The molecular formula is C64H80N2O4. The van der Waals surface area contributed by atoms with E-state index in [-0.39, 0.29) is 23.6 Å². The third-order valence-corrected chi connectivity index (χ3v) is 14.5. The van der Waals surface area contributed by atoms with Crippen LogP contribution in [0, 0.1) is 0 Å². The van der Waals surface area contributed by atoms with Gasteiger partial charge in [0.15, 0.2) is 0 Å². The number of aliphatic imine (C=N–C) groups is 1. The molecule has 6 aromatic carbocycles. The van der Waals surface area contributed by atoms with Gasteiger partial charge in [0.1, 0.15) is 36.2 Å². The normalized spacial score (nSPS) is 15.4. The molecule has 0 spiro atoms. The lowest BCUT2D eigenvalue weighted by molar-refractivity contribution is 0.303. The number of aromatic hydroxyl groups is 2. The summed E-state index contributed by atoms with van der Waals surface area (Å²) in [6.45, 7) is 28.5. The molecule has 3 N–H and O–H groups in total. The fraction of sp³-hybridized carbons (Fsp3) is 0.422. The zero-order valence-corrected chi connectivity index (χ0v) is 44.2. The maximum absolute atomic E-state index is 11.9. The quantitative estimate of drug-likeness (QED) is 0.0705. The van der Waals surface area contributed by atoms with Gasteiger partial charge in [0.2, 0.25) is 0 Å². The van der Waals surface area contributed by atoms with Gasteiger partial charge in [-0.1, -0.05) is 187 Å². The lowest BCUT2D eigenvalue weighted by Gasteiger charge is -2.30. The summed E-state index contributed by atoms with van der Waals surface area (Å²) in [6, 6.07) is 37.5. The number of hydrogen-bond donors (Lipinski definition) is 3. The second-order valence-corrected chi connectivity index (χ2v) is 21.5. The van der Waals surface area contributed by atoms with Gasteiger partial charge in [0.05, 0.1) is 6.04 Å². The first kappa shape index (κ1) is 52.0. The van der Waals surface area contributed by atoms with E-state index in [4.69, 9.17) is 14.5 Å². The molecular weight excluding hydrogens is 861 g/mol. The van der Waals surface area contributed by atoms with Crippen LogP contribution in [0.15, 0.2) is 114 Å². The zero-order valence-electron chi connectivity index (χ0n) is 44.2. The minimum Gasteiger partial charge on any atom is -0.507 e. The van der Waals surface area contributed by atoms with Gasteiger partial charge in [0, 0.05) is 52.2 Å². The highest BCUT2D eigenvalue weighted by Crippen LogP contribution is 2.42. The molecule has 1 aliphatic rings. The van der Waals surface area contributed by atoms with Crippen molar-refractivity contribution in [1.82, 2.24) is 5.32 Å². The number of ether oxygens (including phenoxy) is 2. The van der Waals surface area contributed by atoms with Crippen LogP contribution in [0.25, 0.3) is 22.3 Å². The number of rotatable bonds is 19. The smallest absolute Gasteiger partial charge is 0.132 e. The van der Waals surface area contributed by atoms with Crippen molar-refractivity contribution in [3.05, 3.63) is 165 Å². The van der Waals surface area contributed by atoms with Crippen molar-refractivity contribution in [1.29, 1.82) is 0 Å². The Hall–Kier alpha value is -5.85. The van der Waals surface area contributed by atoms with Crippen LogP contribution >= 0.6 is 0 Å². The molecule has 0 radical (unpaired) electrons. The van der Waals surface area contributed by atoms with Crippen molar-refractivity contribution in [2.24, 2.45) is 4.99 Å². The van der Waals surface area contributed by atoms with Crippen molar-refractivity contribution < 1.29 is 19.7 Å². The van der Waals surface area contributed by atoms with Crippen molar-refractivity contribution in [3.63, 3.8) is 0 Å². The molecule has 1 saturated carbocycles. The average molecular weight is 941 g/mol. The second-order valence-electron chi connectivity index (χ2n) is 21.5. The van der Waals surface area contributed by atoms with E-state index in [1.165, 1.54) is 44.5 Å². The van der Waals surface area contributed by atoms with Crippen molar-refractivity contribution in [2.75, 3.05) is 0 Å². The highest BCUT2D eigenvalue weighted by molar-refractivity contribution is 5.89. The summed E-state index contributed by atoms with van der Waals surface area (Å²) in [6.07, 6.45) is 5.95. The van der Waals surface area contributed by atoms with Gasteiger partial charge < -0.3 is 25.0 Å². The monoisotopic (exact) mass is 941 g/mol. The molecule has 70 heavy (non-hydrogen) atoms. The van der Waals surface area contributed by atoms with Gasteiger partial charge in [-0.25, -0.2) is 0 Å². The summed E-state index contributed by atoms with van der Waals surface area (Å²) in [7, 11) is 0. The van der Waals surface area contributed by atoms with E-state index in [0.29, 0.717) is 66.4 Å². The number of nitrogens with one attached hydrogen (secondary N) is 1. The third-order valence-electron chi connectivity index (χ3n) is 14.5. The summed E-state index contributed by atoms with van der Waals surface area (Å²) in [5.41, 5.74) is 15.3. The lowest BCUT2D eigenvalue weighted by atomic mass is 9.85. The van der Waals surface area contributed by atoms with Crippen molar-refractivity contribution in [3.8, 4) is 45.3 Å². The molecule has 6 nitrogen and oxygen atoms in total. The number of phenols is 2. The largest absolute Gasteiger partial charge is 0.507 e. The molecule has 0 amide bonds. The number of benzene rings is 6. The molecule has 0 aliphatic heterocycles. The first-order chi connectivity index (χ1) is 33.5. The van der Waals surface area contributed by atoms with Gasteiger partial charge in [-0.2, -0.15) is 0 Å². The van der Waals surface area contributed by atoms with E-state index in [1.807, 2.05) is 91.1 Å². The van der Waals surface area contributed by atoms with Gasteiger partial charge >= 0.3 is 0 Å². The van der Waals surface area contributed by atoms with E-state index < -0.39 is 0 Å². The fourth-order valence-electron chi connectivity index (χ4n) is 10.3. The topological polar surface area (TPSA) is 83.3 Å². The predicted molar refractivity (Wildman–Crippen MR) is 294 cm³/mol. The molecule has 0 saturated heterocycles. The summed E-state index contributed by atoms with van der Waals surface area (Å²) in [5, 5.41) is 27.6. The van der Waals surface area contributed by atoms with Crippen LogP contribution in [0.1, 0.15) is 200 Å². The van der Waals surface area contributed by atoms with Gasteiger partial charge in [-0.15, -0.1) is 0 Å². The Morgan fingerprint density at radius 3 is 1.41 bits per heavy atom. The van der Waals surface area contributed by atoms with Gasteiger partial charge in [0.25, 0.3) is 0 Å². The van der Waals surface area contributed by atoms with E-state index >= 15 is 0 Å². The number of phenolic OH excluding ortho intramolecular Hbond substituents is 2. The highest BCUT2D eigenvalue weighted by Gasteiger charge is 2.26. The Labute approximate surface area is 420 Å². The Morgan fingerprint density at radius 1 is 0.514 bits per heavy atom. The molecule has 2 atom stereocenters. The maximum Gasteiger partial charge on any atom is 0.132 e. The summed E-state index contributed by atoms with van der Waals surface area (Å²) >= 11 is 0. The maximum atomic E-state index is 11.9. The van der Waals surface area contributed by atoms with Crippen molar-refractivity contribution in [2.45, 2.75) is 176 Å². The average Bonchev–Trinajstić information content (AvgIpc) is 3.34. The number of para-hydroxylation sites is 4. The third kappa shape index (κ3) is 12.0. The zero-order chi connectivity index (χ0) is 50.2. The number of hydrogen-bond acceptors (Lipinski definition) is 6. The van der Waals surface area contributed by atoms with Crippen LogP contribution in [0.4, 0.5) is 0 Å². The van der Waals surface area contributed by atoms with E-state index in [1.54, 1.807) is 0 Å². The Balaban J connectivity index is 1.07. The Morgan fingerprint density at radius 2 is 0.943 bits per heavy atom. The van der Waals surface area contributed by atoms with Crippen LogP contribution in [0.5, 0.6) is 23.0 Å². The lowest BCUT2D eigenvalue weighted by Crippen LogP contribution is -2.40. The molecule has 0 aromatic heterocycles. The van der Waals surface area contributed by atoms with E-state index in [2.05, 4.69) is 113 Å². The first-order valence-electron chi connectivity index (χ1n) is 26.2. The minimum atomic E-state index is 0.0142. The highest BCUT2D eigenvalue weighted by atomic mass is 16.5. The van der Waals surface area contributed by atoms with E-state index in [0.717, 1.165) is 59.4 Å². The molecule has 6 heteroatoms. The molecule has 0 heterocycles. The van der Waals surface area contributed by atoms with Gasteiger partial charge in [-0.3, -0.25) is 4.99 Å². The standard InChI is InChI=1S/C64H80N2O4/c1-39(2)47-31-53(41(5)6)57(54(32-47)42(7)8)37-69-61-29-17-13-23-49(61)51-25-19-21-45(63(51)67)35-65-59-27-15-16-28-60(59)66-36-46-22-20-26-52(64(46)68)50-24-14-18-30-62(50)70-38-58-55(43(9)10)33-48(40(3)4)34-56(58)44(11)12/h13-14,17-26,29-35,39-44,59-60,66-68H,15-16,27-28,36-38H2,1-12H3/b65-35+/t59-,60?/m0/s1. The molecule has 370 valence electrons. The Bertz CT molecular complexity index is 2680. The molecule has 7 rings (SSSR count). The molecule has 1 fully saturated rings. The minimum absolute atomic E-state index is 0.0142. The van der Waals surface area contributed by atoms with Crippen molar-refractivity contribution >= 4 is 6.21 Å². The van der Waals surface area contributed by atoms with E-state index in [9.17, 15) is 10.2 Å². The Kier molecular flexibility index (Phi) is 17.4. The SMILES string of the molecule is CC(C)c1cc(C(C)C)c(COc2ccccc2-c2cccc(/C=N/[C@H]3CCCCC3NCc3cccc(-c4ccccc4OCc4c(C(C)C)cc(C(C)C)cc4C(C)C)c3O)c2O)c(C(C)C)c1. The molecule has 1 aliphatic carbocycles. The van der Waals surface area contributed by atoms with Crippen LogP contribution in [-0.2, 0) is 19.8 Å². The van der Waals surface area contributed by atoms with Crippen LogP contribution in [0.2, 0.25) is 0 Å². The van der Waals surface area contributed by atoms with Crippen LogP contribution in [0.3, 0.4) is 0 Å². The molecule has 6 aromatic rings. The summed E-state index contributed by atoms with van der Waals surface area (Å²) in [5.74, 6) is 4.25. The number of nitrogens with zero attached hydrogens (tertiary/aromatic N) is 1. The summed E-state index contributed by atoms with van der Waals surface area (Å²) < 4.78 is 13.4. The fourth-order valence-corrected chi connectivity index (χ4v) is 10.3. The predicted octanol–water partition coefficient (Wildman–Crippen LogP) is 16.9. The molecule has 1 unspecified atom stereocenters. The summed E-state index contributed by atoms with van der Waals surface area (Å²) in [4.78, 5) is 5.15. The van der Waals surface area contributed by atoms with Gasteiger partial charge in [-0.05, 0) is 111 Å². The van der Waals surface area contributed by atoms with Crippen LogP contribution in [-0.4, -0.2) is 28.5 Å².